The highest BCUT2D eigenvalue weighted by Crippen LogP contribution is 2.31. The highest BCUT2D eigenvalue weighted by atomic mass is 32.2. The van der Waals surface area contributed by atoms with E-state index >= 15 is 0 Å². The summed E-state index contributed by atoms with van der Waals surface area (Å²) in [6.07, 6.45) is 2.71. The number of rotatable bonds is 6. The molecule has 5 nitrogen and oxygen atoms in total. The Labute approximate surface area is 122 Å². The van der Waals surface area contributed by atoms with Crippen LogP contribution in [0.25, 0.3) is 11.2 Å². The fraction of sp³-hybridized carbons (Fsp3) is 0.500. The van der Waals surface area contributed by atoms with E-state index in [4.69, 9.17) is 5.11 Å². The van der Waals surface area contributed by atoms with Crippen LogP contribution in [0.5, 0.6) is 0 Å². The summed E-state index contributed by atoms with van der Waals surface area (Å²) in [6.45, 7) is 6.45. The molecule has 0 bridgehead atoms. The smallest absolute Gasteiger partial charge is 0.313 e. The second kappa shape index (κ2) is 6.26. The lowest BCUT2D eigenvalue weighted by Gasteiger charge is -2.23. The molecule has 0 amide bonds. The lowest BCUT2D eigenvalue weighted by atomic mass is 10.0. The Balaban J connectivity index is 2.51. The molecule has 2 heterocycles. The minimum absolute atomic E-state index is 0.0118. The number of hydrogen-bond donors (Lipinski definition) is 1. The van der Waals surface area contributed by atoms with Crippen molar-refractivity contribution in [1.29, 1.82) is 0 Å². The summed E-state index contributed by atoms with van der Waals surface area (Å²) < 4.78 is 2.09. The summed E-state index contributed by atoms with van der Waals surface area (Å²) in [5.74, 6) is -0.388. The van der Waals surface area contributed by atoms with Gasteiger partial charge in [0.2, 0.25) is 0 Å². The zero-order chi connectivity index (χ0) is 14.7. The first-order valence-corrected chi connectivity index (χ1v) is 7.70. The van der Waals surface area contributed by atoms with E-state index < -0.39 is 5.97 Å². The van der Waals surface area contributed by atoms with E-state index in [0.717, 1.165) is 22.7 Å². The van der Waals surface area contributed by atoms with Crippen LogP contribution in [0.4, 0.5) is 0 Å². The second-order valence-corrected chi connectivity index (χ2v) is 5.96. The van der Waals surface area contributed by atoms with Gasteiger partial charge in [-0.25, -0.2) is 9.97 Å². The van der Waals surface area contributed by atoms with Gasteiger partial charge in [0.1, 0.15) is 5.52 Å². The van der Waals surface area contributed by atoms with Crippen molar-refractivity contribution in [3.63, 3.8) is 0 Å². The van der Waals surface area contributed by atoms with Gasteiger partial charge in [-0.15, -0.1) is 0 Å². The molecule has 0 aromatic carbocycles. The normalized spacial score (nSPS) is 13.0. The Morgan fingerprint density at radius 2 is 2.25 bits per heavy atom. The molecule has 2 rings (SSSR count). The number of aromatic nitrogens is 3. The number of imidazole rings is 1. The van der Waals surface area contributed by atoms with Crippen LogP contribution < -0.4 is 0 Å². The first-order valence-electron chi connectivity index (χ1n) is 6.72. The van der Waals surface area contributed by atoms with Gasteiger partial charge in [-0.2, -0.15) is 0 Å². The molecule has 0 spiro atoms. The summed E-state index contributed by atoms with van der Waals surface area (Å²) in [5.41, 5.74) is 1.65. The van der Waals surface area contributed by atoms with Crippen LogP contribution >= 0.6 is 11.8 Å². The van der Waals surface area contributed by atoms with E-state index in [1.54, 1.807) is 6.20 Å². The number of fused-ring (bicyclic) bond motifs is 1. The number of pyridine rings is 1. The molecule has 0 aliphatic rings. The number of nitrogens with zero attached hydrogens (tertiary/aromatic N) is 3. The predicted octanol–water partition coefficient (Wildman–Crippen LogP) is 3.22. The van der Waals surface area contributed by atoms with E-state index in [1.807, 2.05) is 12.1 Å². The lowest BCUT2D eigenvalue weighted by molar-refractivity contribution is -0.133. The number of carbonyl (C=O) groups is 1. The van der Waals surface area contributed by atoms with Gasteiger partial charge in [0.05, 0.1) is 5.75 Å². The summed E-state index contributed by atoms with van der Waals surface area (Å²) >= 11 is 1.25. The largest absolute Gasteiger partial charge is 0.481 e. The van der Waals surface area contributed by atoms with Crippen molar-refractivity contribution < 1.29 is 9.90 Å². The van der Waals surface area contributed by atoms with Gasteiger partial charge < -0.3 is 9.67 Å². The maximum Gasteiger partial charge on any atom is 0.313 e. The SMILES string of the molecule is CCC(C(C)C)n1c(SCC(=O)O)nc2cccnc21. The fourth-order valence-corrected chi connectivity index (χ4v) is 3.16. The standard InChI is InChI=1S/C14H19N3O2S/c1-4-11(9(2)3)17-13-10(6-5-7-15-13)16-14(17)20-8-12(18)19/h5-7,9,11H,4,8H2,1-3H3,(H,18,19). The summed E-state index contributed by atoms with van der Waals surface area (Å²) in [5, 5.41) is 9.61. The third-order valence-electron chi connectivity index (χ3n) is 3.26. The molecule has 1 atom stereocenters. The van der Waals surface area contributed by atoms with Crippen molar-refractivity contribution in [1.82, 2.24) is 14.5 Å². The number of thioether (sulfide) groups is 1. The molecule has 2 aromatic heterocycles. The summed E-state index contributed by atoms with van der Waals surface area (Å²) in [4.78, 5) is 19.8. The van der Waals surface area contributed by atoms with Crippen LogP contribution in [0, 0.1) is 5.92 Å². The van der Waals surface area contributed by atoms with Crippen molar-refractivity contribution in [2.24, 2.45) is 5.92 Å². The monoisotopic (exact) mass is 293 g/mol. The first kappa shape index (κ1) is 14.8. The third kappa shape index (κ3) is 2.95. The molecule has 1 N–H and O–H groups in total. The lowest BCUT2D eigenvalue weighted by Crippen LogP contribution is -2.16. The highest BCUT2D eigenvalue weighted by molar-refractivity contribution is 7.99. The van der Waals surface area contributed by atoms with Crippen molar-refractivity contribution >= 4 is 28.9 Å². The van der Waals surface area contributed by atoms with Crippen LogP contribution in [0.3, 0.4) is 0 Å². The van der Waals surface area contributed by atoms with Gasteiger partial charge in [0, 0.05) is 12.2 Å². The second-order valence-electron chi connectivity index (χ2n) is 5.01. The molecule has 0 aliphatic carbocycles. The highest BCUT2D eigenvalue weighted by Gasteiger charge is 2.22. The molecule has 2 aromatic rings. The molecule has 0 fully saturated rings. The van der Waals surface area contributed by atoms with Crippen LogP contribution in [0.15, 0.2) is 23.5 Å². The molecule has 0 saturated heterocycles. The first-order chi connectivity index (χ1) is 9.54. The molecule has 0 saturated carbocycles. The van der Waals surface area contributed by atoms with Crippen molar-refractivity contribution in [2.45, 2.75) is 38.4 Å². The van der Waals surface area contributed by atoms with Crippen molar-refractivity contribution in [3.8, 4) is 0 Å². The molecular formula is C14H19N3O2S. The average molecular weight is 293 g/mol. The molecule has 1 unspecified atom stereocenters. The maximum atomic E-state index is 10.8. The zero-order valence-corrected chi connectivity index (χ0v) is 12.7. The third-order valence-corrected chi connectivity index (χ3v) is 4.20. The number of carboxylic acids is 1. The van der Waals surface area contributed by atoms with Gasteiger partial charge in [-0.05, 0) is 24.5 Å². The van der Waals surface area contributed by atoms with Crippen molar-refractivity contribution in [3.05, 3.63) is 18.3 Å². The molecule has 20 heavy (non-hydrogen) atoms. The maximum absolute atomic E-state index is 10.8. The van der Waals surface area contributed by atoms with Crippen molar-refractivity contribution in [2.75, 3.05) is 5.75 Å². The van der Waals surface area contributed by atoms with Crippen LogP contribution in [0.1, 0.15) is 33.2 Å². The van der Waals surface area contributed by atoms with Gasteiger partial charge in [-0.1, -0.05) is 32.5 Å². The van der Waals surface area contributed by atoms with Crippen LogP contribution in [-0.4, -0.2) is 31.4 Å². The fourth-order valence-electron chi connectivity index (χ4n) is 2.39. The van der Waals surface area contributed by atoms with Gasteiger partial charge in [-0.3, -0.25) is 4.79 Å². The molecular weight excluding hydrogens is 274 g/mol. The zero-order valence-electron chi connectivity index (χ0n) is 11.9. The molecule has 108 valence electrons. The molecule has 6 heteroatoms. The average Bonchev–Trinajstić information content (AvgIpc) is 2.76. The Morgan fingerprint density at radius 1 is 1.50 bits per heavy atom. The Morgan fingerprint density at radius 3 is 2.85 bits per heavy atom. The Hall–Kier alpha value is -1.56. The minimum Gasteiger partial charge on any atom is -0.481 e. The number of aliphatic carboxylic acids is 1. The van der Waals surface area contributed by atoms with E-state index in [2.05, 4.69) is 35.3 Å². The van der Waals surface area contributed by atoms with Gasteiger partial charge in [0.25, 0.3) is 0 Å². The van der Waals surface area contributed by atoms with E-state index in [0.29, 0.717) is 5.92 Å². The molecule has 0 aliphatic heterocycles. The number of hydrogen-bond acceptors (Lipinski definition) is 4. The van der Waals surface area contributed by atoms with Crippen LogP contribution in [0.2, 0.25) is 0 Å². The van der Waals surface area contributed by atoms with Crippen LogP contribution in [-0.2, 0) is 4.79 Å². The van der Waals surface area contributed by atoms with Gasteiger partial charge >= 0.3 is 5.97 Å². The summed E-state index contributed by atoms with van der Waals surface area (Å²) in [6, 6.07) is 4.03. The number of carboxylic acid groups (broad SMARTS) is 1. The Kier molecular flexibility index (Phi) is 4.65. The predicted molar refractivity (Wildman–Crippen MR) is 80.1 cm³/mol. The topological polar surface area (TPSA) is 68.0 Å². The summed E-state index contributed by atoms with van der Waals surface area (Å²) in [7, 11) is 0. The quantitative estimate of drug-likeness (QED) is 0.828. The van der Waals surface area contributed by atoms with E-state index in [9.17, 15) is 4.79 Å². The van der Waals surface area contributed by atoms with E-state index in [-0.39, 0.29) is 11.8 Å². The minimum atomic E-state index is -0.834. The van der Waals surface area contributed by atoms with Gasteiger partial charge in [0.15, 0.2) is 10.8 Å². The molecule has 0 radical (unpaired) electrons. The Bertz CT molecular complexity index is 609. The van der Waals surface area contributed by atoms with E-state index in [1.165, 1.54) is 11.8 Å².